The molecule has 1 aromatic rings. The van der Waals surface area contributed by atoms with Gasteiger partial charge in [-0.25, -0.2) is 4.68 Å². The van der Waals surface area contributed by atoms with Crippen molar-refractivity contribution in [1.29, 1.82) is 0 Å². The number of amides is 1. The molecule has 1 aromatic heterocycles. The molecule has 2 atom stereocenters. The van der Waals surface area contributed by atoms with E-state index in [-0.39, 0.29) is 18.3 Å². The fourth-order valence-electron chi connectivity index (χ4n) is 3.71. The number of halogens is 1. The van der Waals surface area contributed by atoms with Gasteiger partial charge in [0.05, 0.1) is 0 Å². The minimum Gasteiger partial charge on any atom is -0.317 e. The topological polar surface area (TPSA) is 71.8 Å². The van der Waals surface area contributed by atoms with Crippen molar-refractivity contribution in [2.24, 2.45) is 18.9 Å². The predicted octanol–water partition coefficient (Wildman–Crippen LogP) is 2.47. The number of nitrogens with zero attached hydrogens (tertiary/aromatic N) is 3. The van der Waals surface area contributed by atoms with Crippen molar-refractivity contribution < 1.29 is 4.79 Å². The zero-order valence-electron chi connectivity index (χ0n) is 14.0. The fourth-order valence-corrected chi connectivity index (χ4v) is 3.71. The molecule has 0 bridgehead atoms. The number of hydrogen-bond donors (Lipinski definition) is 2. The average molecular weight is 342 g/mol. The maximum atomic E-state index is 12.2. The third-order valence-corrected chi connectivity index (χ3v) is 5.01. The van der Waals surface area contributed by atoms with Crippen LogP contribution in [0, 0.1) is 11.8 Å². The molecule has 2 N–H and O–H groups in total. The van der Waals surface area contributed by atoms with Gasteiger partial charge >= 0.3 is 0 Å². The predicted molar refractivity (Wildman–Crippen MR) is 92.8 cm³/mol. The molecule has 1 amide bonds. The van der Waals surface area contributed by atoms with E-state index >= 15 is 0 Å². The van der Waals surface area contributed by atoms with Crippen LogP contribution in [-0.2, 0) is 11.8 Å². The summed E-state index contributed by atoms with van der Waals surface area (Å²) in [5.41, 5.74) is 0. The standard InChI is InChI=1S/C16H27N5O.ClH/c1-11-3-4-12(9-11)10-14(22)18-16-19-15(20-21(16)2)13-5-7-17-8-6-13;/h11-13,17H,3-10H2,1-2H3,(H,18,19,20,22);1H. The number of aromatic nitrogens is 3. The highest BCUT2D eigenvalue weighted by Crippen LogP contribution is 2.32. The highest BCUT2D eigenvalue weighted by molar-refractivity contribution is 5.89. The molecular weight excluding hydrogens is 314 g/mol. The van der Waals surface area contributed by atoms with Crippen molar-refractivity contribution in [3.05, 3.63) is 5.82 Å². The number of hydrogen-bond acceptors (Lipinski definition) is 4. The minimum absolute atomic E-state index is 0. The third-order valence-electron chi connectivity index (χ3n) is 5.01. The first-order valence-electron chi connectivity index (χ1n) is 8.53. The molecule has 6 nitrogen and oxygen atoms in total. The van der Waals surface area contributed by atoms with E-state index in [2.05, 4.69) is 27.6 Å². The maximum absolute atomic E-state index is 12.2. The Morgan fingerprint density at radius 3 is 2.70 bits per heavy atom. The summed E-state index contributed by atoms with van der Waals surface area (Å²) < 4.78 is 1.70. The lowest BCUT2D eigenvalue weighted by atomic mass is 9.98. The van der Waals surface area contributed by atoms with Crippen LogP contribution in [0.25, 0.3) is 0 Å². The molecule has 0 spiro atoms. The Bertz CT molecular complexity index is 527. The van der Waals surface area contributed by atoms with Gasteiger partial charge in [0.25, 0.3) is 0 Å². The van der Waals surface area contributed by atoms with Crippen molar-refractivity contribution in [3.8, 4) is 0 Å². The lowest BCUT2D eigenvalue weighted by Gasteiger charge is -2.19. The van der Waals surface area contributed by atoms with Crippen molar-refractivity contribution >= 4 is 24.3 Å². The van der Waals surface area contributed by atoms with Crippen molar-refractivity contribution in [2.75, 3.05) is 18.4 Å². The Balaban J connectivity index is 0.00000192. The summed E-state index contributed by atoms with van der Waals surface area (Å²) in [6.45, 7) is 4.31. The minimum atomic E-state index is 0. The van der Waals surface area contributed by atoms with E-state index in [1.165, 1.54) is 19.3 Å². The molecule has 1 aliphatic carbocycles. The molecular formula is C16H28ClN5O. The zero-order valence-corrected chi connectivity index (χ0v) is 14.9. The van der Waals surface area contributed by atoms with E-state index in [0.29, 0.717) is 24.2 Å². The van der Waals surface area contributed by atoms with Crippen LogP contribution < -0.4 is 10.6 Å². The summed E-state index contributed by atoms with van der Waals surface area (Å²) in [5, 5.41) is 10.8. The van der Waals surface area contributed by atoms with Crippen LogP contribution in [0.5, 0.6) is 0 Å². The maximum Gasteiger partial charge on any atom is 0.227 e. The first-order valence-corrected chi connectivity index (χ1v) is 8.53. The second kappa shape index (κ2) is 8.11. The normalized spacial score (nSPS) is 25.1. The molecule has 1 aliphatic heterocycles. The number of anilines is 1. The zero-order chi connectivity index (χ0) is 15.5. The second-order valence-corrected chi connectivity index (χ2v) is 6.98. The summed E-state index contributed by atoms with van der Waals surface area (Å²) in [6, 6.07) is 0. The molecule has 0 radical (unpaired) electrons. The third kappa shape index (κ3) is 4.67. The molecule has 2 aliphatic rings. The lowest BCUT2D eigenvalue weighted by Crippen LogP contribution is -2.27. The number of piperidine rings is 1. The van der Waals surface area contributed by atoms with Crippen LogP contribution >= 0.6 is 12.4 Å². The molecule has 0 aromatic carbocycles. The number of carbonyl (C=O) groups is 1. The van der Waals surface area contributed by atoms with Crippen LogP contribution in [0.4, 0.5) is 5.95 Å². The second-order valence-electron chi connectivity index (χ2n) is 6.98. The van der Waals surface area contributed by atoms with Gasteiger partial charge in [0.2, 0.25) is 11.9 Å². The Hall–Kier alpha value is -1.14. The van der Waals surface area contributed by atoms with Gasteiger partial charge in [-0.3, -0.25) is 10.1 Å². The first kappa shape index (κ1) is 18.2. The van der Waals surface area contributed by atoms with Gasteiger partial charge in [0.1, 0.15) is 0 Å². The fraction of sp³-hybridized carbons (Fsp3) is 0.812. The smallest absolute Gasteiger partial charge is 0.227 e. The molecule has 1 saturated carbocycles. The van der Waals surface area contributed by atoms with Gasteiger partial charge < -0.3 is 5.32 Å². The van der Waals surface area contributed by atoms with E-state index in [1.54, 1.807) is 4.68 Å². The molecule has 1 saturated heterocycles. The van der Waals surface area contributed by atoms with Crippen LogP contribution in [-0.4, -0.2) is 33.8 Å². The van der Waals surface area contributed by atoms with E-state index in [0.717, 1.165) is 37.7 Å². The molecule has 2 heterocycles. The summed E-state index contributed by atoms with van der Waals surface area (Å²) in [7, 11) is 1.85. The summed E-state index contributed by atoms with van der Waals surface area (Å²) in [5.74, 6) is 3.24. The molecule has 3 rings (SSSR count). The number of nitrogens with one attached hydrogen (secondary N) is 2. The number of carbonyl (C=O) groups excluding carboxylic acids is 1. The van der Waals surface area contributed by atoms with E-state index < -0.39 is 0 Å². The van der Waals surface area contributed by atoms with Gasteiger partial charge in [-0.1, -0.05) is 13.3 Å². The number of aryl methyl sites for hydroxylation is 1. The SMILES string of the molecule is CC1CCC(CC(=O)Nc2nc(C3CCNCC3)nn2C)C1.Cl. The lowest BCUT2D eigenvalue weighted by molar-refractivity contribution is -0.117. The number of rotatable bonds is 4. The van der Waals surface area contributed by atoms with Gasteiger partial charge in [0, 0.05) is 19.4 Å². The van der Waals surface area contributed by atoms with E-state index in [1.807, 2.05) is 7.05 Å². The Kier molecular flexibility index (Phi) is 6.41. The quantitative estimate of drug-likeness (QED) is 0.882. The molecule has 7 heteroatoms. The molecule has 130 valence electrons. The highest BCUT2D eigenvalue weighted by Gasteiger charge is 2.25. The average Bonchev–Trinajstić information content (AvgIpc) is 3.07. The van der Waals surface area contributed by atoms with Gasteiger partial charge in [0.15, 0.2) is 5.82 Å². The van der Waals surface area contributed by atoms with Crippen LogP contribution in [0.3, 0.4) is 0 Å². The summed E-state index contributed by atoms with van der Waals surface area (Å²) in [6.07, 6.45) is 6.34. The largest absolute Gasteiger partial charge is 0.317 e. The summed E-state index contributed by atoms with van der Waals surface area (Å²) >= 11 is 0. The van der Waals surface area contributed by atoms with Crippen molar-refractivity contribution in [3.63, 3.8) is 0 Å². The van der Waals surface area contributed by atoms with Crippen molar-refractivity contribution in [2.45, 2.75) is 51.4 Å². The van der Waals surface area contributed by atoms with E-state index in [4.69, 9.17) is 0 Å². The van der Waals surface area contributed by atoms with Crippen LogP contribution in [0.15, 0.2) is 0 Å². The monoisotopic (exact) mass is 341 g/mol. The van der Waals surface area contributed by atoms with Gasteiger partial charge in [-0.2, -0.15) is 10.1 Å². The Labute approximate surface area is 144 Å². The van der Waals surface area contributed by atoms with Crippen molar-refractivity contribution in [1.82, 2.24) is 20.1 Å². The Morgan fingerprint density at radius 1 is 1.30 bits per heavy atom. The van der Waals surface area contributed by atoms with E-state index in [9.17, 15) is 4.79 Å². The molecule has 23 heavy (non-hydrogen) atoms. The van der Waals surface area contributed by atoms with Gasteiger partial charge in [-0.05, 0) is 50.6 Å². The Morgan fingerprint density at radius 2 is 2.04 bits per heavy atom. The summed E-state index contributed by atoms with van der Waals surface area (Å²) in [4.78, 5) is 16.8. The van der Waals surface area contributed by atoms with Crippen LogP contribution in [0.1, 0.15) is 57.2 Å². The highest BCUT2D eigenvalue weighted by atomic mass is 35.5. The first-order chi connectivity index (χ1) is 10.6. The van der Waals surface area contributed by atoms with Gasteiger partial charge in [-0.15, -0.1) is 12.4 Å². The molecule has 2 unspecified atom stereocenters. The van der Waals surface area contributed by atoms with Crippen LogP contribution in [0.2, 0.25) is 0 Å². The molecule has 2 fully saturated rings.